The van der Waals surface area contributed by atoms with Crippen molar-refractivity contribution in [3.63, 3.8) is 0 Å². The van der Waals surface area contributed by atoms with Crippen molar-refractivity contribution in [2.24, 2.45) is 5.92 Å². The molecule has 0 amide bonds. The highest BCUT2D eigenvalue weighted by molar-refractivity contribution is 4.79. The van der Waals surface area contributed by atoms with Gasteiger partial charge < -0.3 is 10.2 Å². The lowest BCUT2D eigenvalue weighted by Crippen LogP contribution is -2.17. The predicted octanol–water partition coefficient (Wildman–Crippen LogP) is 1.16. The van der Waals surface area contributed by atoms with E-state index in [-0.39, 0.29) is 0 Å². The van der Waals surface area contributed by atoms with Crippen molar-refractivity contribution in [1.29, 1.82) is 0 Å². The Morgan fingerprint density at radius 2 is 1.30 bits per heavy atom. The zero-order chi connectivity index (χ0) is 8.15. The molecule has 0 aromatic rings. The van der Waals surface area contributed by atoms with E-state index in [2.05, 4.69) is 0 Å². The molecule has 0 radical (unpaired) electrons. The molecule has 62 valence electrons. The van der Waals surface area contributed by atoms with E-state index >= 15 is 0 Å². The molecule has 0 aromatic heterocycles. The van der Waals surface area contributed by atoms with E-state index in [0.29, 0.717) is 5.92 Å². The molecule has 1 aliphatic carbocycles. The van der Waals surface area contributed by atoms with E-state index < -0.39 is 12.2 Å². The Labute approximate surface area is 62.9 Å². The molecule has 1 fully saturated rings. The molecule has 0 bridgehead atoms. The summed E-state index contributed by atoms with van der Waals surface area (Å²) in [6.07, 6.45) is 0.623. The lowest BCUT2D eigenvalue weighted by molar-refractivity contribution is 0.0438. The summed E-state index contributed by atoms with van der Waals surface area (Å²) in [6.45, 7) is 6.04. The minimum Gasteiger partial charge on any atom is -0.390 e. The van der Waals surface area contributed by atoms with Crippen LogP contribution in [0.2, 0.25) is 0 Å². The van der Waals surface area contributed by atoms with Crippen LogP contribution in [0.15, 0.2) is 0 Å². The number of hydrogen-bond donors (Lipinski definition) is 2. The Bertz CT molecular complexity index is 73.3. The van der Waals surface area contributed by atoms with Crippen LogP contribution in [0.25, 0.3) is 0 Å². The third kappa shape index (κ3) is 2.67. The summed E-state index contributed by atoms with van der Waals surface area (Å²) in [4.78, 5) is 0. The fraction of sp³-hybridized carbons (Fsp3) is 1.00. The highest BCUT2D eigenvalue weighted by Gasteiger charge is 2.27. The van der Waals surface area contributed by atoms with Gasteiger partial charge in [0, 0.05) is 0 Å². The number of aliphatic hydroxyl groups is 2. The summed E-state index contributed by atoms with van der Waals surface area (Å²) in [5, 5.41) is 17.8. The molecule has 1 saturated carbocycles. The Balaban J connectivity index is 0.000000371. The summed E-state index contributed by atoms with van der Waals surface area (Å²) in [5.74, 6) is 0.500. The Hall–Kier alpha value is -0.0800. The van der Waals surface area contributed by atoms with Gasteiger partial charge in [0.2, 0.25) is 0 Å². The molecule has 0 aromatic carbocycles. The lowest BCUT2D eigenvalue weighted by Gasteiger charge is -2.03. The van der Waals surface area contributed by atoms with E-state index in [4.69, 9.17) is 10.2 Å². The first-order valence-electron chi connectivity index (χ1n) is 4.06. The summed E-state index contributed by atoms with van der Waals surface area (Å²) < 4.78 is 0. The first-order chi connectivity index (χ1) is 4.70. The summed E-state index contributed by atoms with van der Waals surface area (Å²) in [5.41, 5.74) is 0. The minimum atomic E-state index is -0.454. The van der Waals surface area contributed by atoms with Gasteiger partial charge in [0.15, 0.2) is 0 Å². The van der Waals surface area contributed by atoms with Crippen molar-refractivity contribution in [3.8, 4) is 0 Å². The van der Waals surface area contributed by atoms with Crippen molar-refractivity contribution < 1.29 is 10.2 Å². The molecule has 2 nitrogen and oxygen atoms in total. The lowest BCUT2D eigenvalue weighted by atomic mass is 10.1. The van der Waals surface area contributed by atoms with Gasteiger partial charge in [-0.05, 0) is 18.8 Å². The Morgan fingerprint density at radius 3 is 1.40 bits per heavy atom. The Kier molecular flexibility index (Phi) is 4.65. The van der Waals surface area contributed by atoms with E-state index in [1.54, 1.807) is 0 Å². The normalized spacial score (nSPS) is 38.7. The SMILES string of the molecule is CC.CC1C[C@@H](O)[C@@H](O)C1. The third-order valence-electron chi connectivity index (χ3n) is 1.73. The van der Waals surface area contributed by atoms with E-state index in [9.17, 15) is 0 Å². The van der Waals surface area contributed by atoms with Crippen LogP contribution in [0.4, 0.5) is 0 Å². The van der Waals surface area contributed by atoms with Crippen LogP contribution in [-0.4, -0.2) is 22.4 Å². The zero-order valence-corrected chi connectivity index (χ0v) is 7.04. The topological polar surface area (TPSA) is 40.5 Å². The van der Waals surface area contributed by atoms with Crippen LogP contribution < -0.4 is 0 Å². The minimum absolute atomic E-state index is 0.454. The molecule has 2 heteroatoms. The first-order valence-corrected chi connectivity index (χ1v) is 4.06. The van der Waals surface area contributed by atoms with E-state index in [0.717, 1.165) is 12.8 Å². The van der Waals surface area contributed by atoms with Crippen LogP contribution in [-0.2, 0) is 0 Å². The van der Waals surface area contributed by atoms with Gasteiger partial charge in [-0.2, -0.15) is 0 Å². The van der Waals surface area contributed by atoms with Crippen molar-refractivity contribution in [2.75, 3.05) is 0 Å². The average molecular weight is 146 g/mol. The van der Waals surface area contributed by atoms with E-state index in [1.807, 2.05) is 20.8 Å². The van der Waals surface area contributed by atoms with Gasteiger partial charge >= 0.3 is 0 Å². The van der Waals surface area contributed by atoms with Gasteiger partial charge in [-0.1, -0.05) is 20.8 Å². The van der Waals surface area contributed by atoms with Gasteiger partial charge in [0.1, 0.15) is 0 Å². The average Bonchev–Trinajstić information content (AvgIpc) is 2.16. The molecule has 0 aliphatic heterocycles. The number of aliphatic hydroxyl groups excluding tert-OH is 2. The number of rotatable bonds is 0. The number of hydrogen-bond acceptors (Lipinski definition) is 2. The summed E-state index contributed by atoms with van der Waals surface area (Å²) in [6, 6.07) is 0. The van der Waals surface area contributed by atoms with Crippen LogP contribution in [0.5, 0.6) is 0 Å². The van der Waals surface area contributed by atoms with Crippen molar-refractivity contribution in [3.05, 3.63) is 0 Å². The second kappa shape index (κ2) is 4.69. The monoisotopic (exact) mass is 146 g/mol. The fourth-order valence-corrected chi connectivity index (χ4v) is 1.23. The van der Waals surface area contributed by atoms with Crippen LogP contribution in [0.3, 0.4) is 0 Å². The molecular formula is C8H18O2. The standard InChI is InChI=1S/C6H12O2.C2H6/c1-4-2-5(7)6(8)3-4;1-2/h4-8H,2-3H2,1H3;1-2H3/t4?,5-,6+;. The van der Waals surface area contributed by atoms with Gasteiger partial charge in [0.05, 0.1) is 12.2 Å². The van der Waals surface area contributed by atoms with Crippen molar-refractivity contribution in [2.45, 2.75) is 45.8 Å². The van der Waals surface area contributed by atoms with Gasteiger partial charge in [-0.3, -0.25) is 0 Å². The predicted molar refractivity (Wildman–Crippen MR) is 41.8 cm³/mol. The fourth-order valence-electron chi connectivity index (χ4n) is 1.23. The molecule has 0 spiro atoms. The molecular weight excluding hydrogens is 128 g/mol. The highest BCUT2D eigenvalue weighted by atomic mass is 16.3. The quantitative estimate of drug-likeness (QED) is 0.538. The molecule has 0 saturated heterocycles. The second-order valence-electron chi connectivity index (χ2n) is 2.71. The Morgan fingerprint density at radius 1 is 1.00 bits per heavy atom. The highest BCUT2D eigenvalue weighted by Crippen LogP contribution is 2.24. The van der Waals surface area contributed by atoms with Crippen molar-refractivity contribution >= 4 is 0 Å². The largest absolute Gasteiger partial charge is 0.390 e. The van der Waals surface area contributed by atoms with Crippen molar-refractivity contribution in [1.82, 2.24) is 0 Å². The summed E-state index contributed by atoms with van der Waals surface area (Å²) in [7, 11) is 0. The maximum absolute atomic E-state index is 8.92. The van der Waals surface area contributed by atoms with Crippen LogP contribution in [0, 0.1) is 5.92 Å². The molecule has 1 aliphatic rings. The first kappa shape index (κ1) is 9.92. The van der Waals surface area contributed by atoms with Gasteiger partial charge in [-0.15, -0.1) is 0 Å². The summed E-state index contributed by atoms with van der Waals surface area (Å²) >= 11 is 0. The molecule has 0 heterocycles. The van der Waals surface area contributed by atoms with Gasteiger partial charge in [0.25, 0.3) is 0 Å². The molecule has 1 unspecified atom stereocenters. The second-order valence-corrected chi connectivity index (χ2v) is 2.71. The van der Waals surface area contributed by atoms with Gasteiger partial charge in [-0.25, -0.2) is 0 Å². The molecule has 10 heavy (non-hydrogen) atoms. The maximum Gasteiger partial charge on any atom is 0.0801 e. The molecule has 3 atom stereocenters. The maximum atomic E-state index is 8.92. The molecule has 1 rings (SSSR count). The molecule has 2 N–H and O–H groups in total. The van der Waals surface area contributed by atoms with E-state index in [1.165, 1.54) is 0 Å². The zero-order valence-electron chi connectivity index (χ0n) is 7.04. The third-order valence-corrected chi connectivity index (χ3v) is 1.73. The smallest absolute Gasteiger partial charge is 0.0801 e. The van der Waals surface area contributed by atoms with Crippen LogP contribution in [0.1, 0.15) is 33.6 Å². The van der Waals surface area contributed by atoms with Crippen LogP contribution >= 0.6 is 0 Å².